The minimum atomic E-state index is -0.403. The van der Waals surface area contributed by atoms with E-state index in [1.165, 1.54) is 4.80 Å². The molecule has 3 rings (SSSR count). The number of hydrogen-bond acceptors (Lipinski definition) is 5. The number of rotatable bonds is 6. The molecule has 2 aromatic carbocycles. The third-order valence-electron chi connectivity index (χ3n) is 4.40. The maximum atomic E-state index is 12.6. The Morgan fingerprint density at radius 3 is 2.63 bits per heavy atom. The highest BCUT2D eigenvalue weighted by Crippen LogP contribution is 2.17. The third-order valence-corrected chi connectivity index (χ3v) is 4.40. The smallest absolute Gasteiger partial charge is 0.274 e. The second kappa shape index (κ2) is 8.01. The van der Waals surface area contributed by atoms with Crippen LogP contribution in [0.15, 0.2) is 42.5 Å². The molecule has 0 radical (unpaired) electrons. The van der Waals surface area contributed by atoms with Gasteiger partial charge in [-0.15, -0.1) is 10.2 Å². The van der Waals surface area contributed by atoms with E-state index in [9.17, 15) is 9.90 Å². The summed E-state index contributed by atoms with van der Waals surface area (Å²) in [6.45, 7) is 3.92. The van der Waals surface area contributed by atoms with Gasteiger partial charge < -0.3 is 15.2 Å². The quantitative estimate of drug-likeness (QED) is 0.699. The number of aryl methyl sites for hydroxylation is 2. The maximum Gasteiger partial charge on any atom is 0.274 e. The van der Waals surface area contributed by atoms with Crippen LogP contribution >= 0.6 is 0 Å². The first-order valence-corrected chi connectivity index (χ1v) is 8.58. The SMILES string of the molecule is COc1ccccc1CNC(=O)c1nn(-c2ccc(C)c(C)c2)nc1CO. The van der Waals surface area contributed by atoms with Gasteiger partial charge in [0.05, 0.1) is 19.4 Å². The molecule has 0 aliphatic rings. The lowest BCUT2D eigenvalue weighted by Crippen LogP contribution is -2.24. The Kier molecular flexibility index (Phi) is 5.52. The predicted molar refractivity (Wildman–Crippen MR) is 101 cm³/mol. The first kappa shape index (κ1) is 18.6. The molecule has 27 heavy (non-hydrogen) atoms. The molecule has 0 fully saturated rings. The number of para-hydroxylation sites is 1. The Bertz CT molecular complexity index is 966. The van der Waals surface area contributed by atoms with Crippen LogP contribution in [0, 0.1) is 13.8 Å². The van der Waals surface area contributed by atoms with Crippen molar-refractivity contribution >= 4 is 5.91 Å². The molecule has 0 bridgehead atoms. The van der Waals surface area contributed by atoms with Crippen LogP contribution < -0.4 is 10.1 Å². The van der Waals surface area contributed by atoms with Crippen molar-refractivity contribution in [1.29, 1.82) is 0 Å². The number of aromatic nitrogens is 3. The standard InChI is InChI=1S/C20H22N4O3/c1-13-8-9-16(10-14(13)2)24-22-17(12-25)19(23-24)20(26)21-11-15-6-4-5-7-18(15)27-3/h4-10,25H,11-12H2,1-3H3,(H,21,26). The highest BCUT2D eigenvalue weighted by Gasteiger charge is 2.19. The fourth-order valence-electron chi connectivity index (χ4n) is 2.69. The van der Waals surface area contributed by atoms with E-state index in [1.807, 2.05) is 56.3 Å². The number of nitrogens with zero attached hydrogens (tertiary/aromatic N) is 3. The summed E-state index contributed by atoms with van der Waals surface area (Å²) in [6, 6.07) is 13.2. The van der Waals surface area contributed by atoms with Crippen LogP contribution in [0.4, 0.5) is 0 Å². The van der Waals surface area contributed by atoms with Gasteiger partial charge in [-0.1, -0.05) is 24.3 Å². The lowest BCUT2D eigenvalue weighted by Gasteiger charge is -2.08. The molecule has 0 saturated heterocycles. The van der Waals surface area contributed by atoms with Crippen molar-refractivity contribution in [3.63, 3.8) is 0 Å². The molecule has 0 spiro atoms. The van der Waals surface area contributed by atoms with Gasteiger partial charge in [0.2, 0.25) is 0 Å². The van der Waals surface area contributed by atoms with Crippen molar-refractivity contribution in [1.82, 2.24) is 20.3 Å². The number of amides is 1. The number of hydrogen-bond donors (Lipinski definition) is 2. The molecule has 1 amide bonds. The van der Waals surface area contributed by atoms with Gasteiger partial charge in [-0.2, -0.15) is 4.80 Å². The fraction of sp³-hybridized carbons (Fsp3) is 0.250. The zero-order chi connectivity index (χ0) is 19.4. The van der Waals surface area contributed by atoms with Gasteiger partial charge in [0, 0.05) is 12.1 Å². The molecular formula is C20H22N4O3. The first-order chi connectivity index (χ1) is 13.0. The molecule has 0 unspecified atom stereocenters. The fourth-order valence-corrected chi connectivity index (χ4v) is 2.69. The third kappa shape index (κ3) is 3.98. The van der Waals surface area contributed by atoms with Crippen molar-refractivity contribution in [2.24, 2.45) is 0 Å². The van der Waals surface area contributed by atoms with Crippen LogP contribution in [-0.4, -0.2) is 33.1 Å². The summed E-state index contributed by atoms with van der Waals surface area (Å²) in [5.74, 6) is 0.291. The van der Waals surface area contributed by atoms with E-state index in [1.54, 1.807) is 7.11 Å². The van der Waals surface area contributed by atoms with Crippen molar-refractivity contribution < 1.29 is 14.6 Å². The van der Waals surface area contributed by atoms with Gasteiger partial charge in [0.1, 0.15) is 11.4 Å². The molecule has 3 aromatic rings. The molecule has 1 aromatic heterocycles. The predicted octanol–water partition coefficient (Wildman–Crippen LogP) is 2.32. The second-order valence-electron chi connectivity index (χ2n) is 6.21. The molecule has 0 atom stereocenters. The molecule has 7 heteroatoms. The summed E-state index contributed by atoms with van der Waals surface area (Å²) < 4.78 is 5.29. The first-order valence-electron chi connectivity index (χ1n) is 8.58. The van der Waals surface area contributed by atoms with Gasteiger partial charge in [-0.3, -0.25) is 4.79 Å². The molecule has 1 heterocycles. The maximum absolute atomic E-state index is 12.6. The number of methoxy groups -OCH3 is 1. The molecule has 0 saturated carbocycles. The van der Waals surface area contributed by atoms with E-state index >= 15 is 0 Å². The zero-order valence-electron chi connectivity index (χ0n) is 15.6. The molecule has 0 aliphatic heterocycles. The Morgan fingerprint density at radius 1 is 1.15 bits per heavy atom. The zero-order valence-corrected chi connectivity index (χ0v) is 15.6. The van der Waals surface area contributed by atoms with Crippen molar-refractivity contribution in [3.8, 4) is 11.4 Å². The van der Waals surface area contributed by atoms with Gasteiger partial charge in [0.25, 0.3) is 5.91 Å². The van der Waals surface area contributed by atoms with E-state index in [0.29, 0.717) is 5.75 Å². The highest BCUT2D eigenvalue weighted by molar-refractivity contribution is 5.93. The summed E-state index contributed by atoms with van der Waals surface area (Å²) in [4.78, 5) is 14.0. The number of benzene rings is 2. The van der Waals surface area contributed by atoms with Crippen molar-refractivity contribution in [2.75, 3.05) is 7.11 Å². The van der Waals surface area contributed by atoms with Gasteiger partial charge >= 0.3 is 0 Å². The minimum Gasteiger partial charge on any atom is -0.496 e. The van der Waals surface area contributed by atoms with Crippen LogP contribution in [0.3, 0.4) is 0 Å². The molecule has 140 valence electrons. The average molecular weight is 366 g/mol. The number of carbonyl (C=O) groups excluding carboxylic acids is 1. The molecule has 2 N–H and O–H groups in total. The molecule has 0 aliphatic carbocycles. The van der Waals surface area contributed by atoms with Gasteiger partial charge in [0.15, 0.2) is 5.69 Å². The lowest BCUT2D eigenvalue weighted by atomic mass is 10.1. The number of aliphatic hydroxyl groups excluding tert-OH is 1. The number of ether oxygens (including phenoxy) is 1. The Labute approximate surface area is 157 Å². The largest absolute Gasteiger partial charge is 0.496 e. The van der Waals surface area contributed by atoms with Crippen molar-refractivity contribution in [3.05, 3.63) is 70.5 Å². The van der Waals surface area contributed by atoms with Crippen LogP contribution in [0.1, 0.15) is 32.9 Å². The summed E-state index contributed by atoms with van der Waals surface area (Å²) in [5.41, 5.74) is 4.16. The molecular weight excluding hydrogens is 344 g/mol. The number of nitrogens with one attached hydrogen (secondary N) is 1. The van der Waals surface area contributed by atoms with Crippen LogP contribution in [0.5, 0.6) is 5.75 Å². The summed E-state index contributed by atoms with van der Waals surface area (Å²) in [6.07, 6.45) is 0. The second-order valence-corrected chi connectivity index (χ2v) is 6.21. The lowest BCUT2D eigenvalue weighted by molar-refractivity contribution is 0.0942. The van der Waals surface area contributed by atoms with E-state index in [2.05, 4.69) is 15.5 Å². The summed E-state index contributed by atoms with van der Waals surface area (Å²) >= 11 is 0. The van der Waals surface area contributed by atoms with E-state index in [0.717, 1.165) is 22.4 Å². The van der Waals surface area contributed by atoms with Crippen LogP contribution in [-0.2, 0) is 13.2 Å². The van der Waals surface area contributed by atoms with Crippen LogP contribution in [0.25, 0.3) is 5.69 Å². The van der Waals surface area contributed by atoms with Crippen molar-refractivity contribution in [2.45, 2.75) is 27.0 Å². The topological polar surface area (TPSA) is 89.3 Å². The Hall–Kier alpha value is -3.19. The highest BCUT2D eigenvalue weighted by atomic mass is 16.5. The number of carbonyl (C=O) groups is 1. The summed E-state index contributed by atoms with van der Waals surface area (Å²) in [5, 5.41) is 20.9. The van der Waals surface area contributed by atoms with Gasteiger partial charge in [-0.25, -0.2) is 0 Å². The van der Waals surface area contributed by atoms with Crippen LogP contribution in [0.2, 0.25) is 0 Å². The Balaban J connectivity index is 1.82. The van der Waals surface area contributed by atoms with Gasteiger partial charge in [-0.05, 0) is 43.2 Å². The van der Waals surface area contributed by atoms with E-state index < -0.39 is 5.91 Å². The Morgan fingerprint density at radius 2 is 1.93 bits per heavy atom. The summed E-state index contributed by atoms with van der Waals surface area (Å²) in [7, 11) is 1.58. The minimum absolute atomic E-state index is 0.102. The monoisotopic (exact) mass is 366 g/mol. The van der Waals surface area contributed by atoms with E-state index in [-0.39, 0.29) is 24.5 Å². The average Bonchev–Trinajstić information content (AvgIpc) is 3.13. The number of aliphatic hydroxyl groups is 1. The molecule has 7 nitrogen and oxygen atoms in total. The van der Waals surface area contributed by atoms with E-state index in [4.69, 9.17) is 4.74 Å². The normalized spacial score (nSPS) is 10.7.